The lowest BCUT2D eigenvalue weighted by Crippen LogP contribution is -1.99. The normalized spacial score (nSPS) is 9.75. The molecule has 2 rings (SSSR count). The highest BCUT2D eigenvalue weighted by atomic mass is 16.5. The van der Waals surface area contributed by atoms with Gasteiger partial charge in [0.05, 0.1) is 6.42 Å². The lowest BCUT2D eigenvalue weighted by Gasteiger charge is -2.06. The third kappa shape index (κ3) is 3.63. The summed E-state index contributed by atoms with van der Waals surface area (Å²) in [5.41, 5.74) is 2.76. The minimum Gasteiger partial charge on any atom is -0.481 e. The lowest BCUT2D eigenvalue weighted by atomic mass is 10.0. The third-order valence-electron chi connectivity index (χ3n) is 2.79. The van der Waals surface area contributed by atoms with E-state index < -0.39 is 5.97 Å². The average molecular weight is 266 g/mol. The number of hydrogen-bond donors (Lipinski definition) is 1. The fraction of sp³-hybridized carbons (Fsp3) is 0.118. The van der Waals surface area contributed by atoms with Crippen molar-refractivity contribution in [1.29, 1.82) is 0 Å². The van der Waals surface area contributed by atoms with E-state index >= 15 is 0 Å². The Morgan fingerprint density at radius 3 is 2.55 bits per heavy atom. The van der Waals surface area contributed by atoms with Crippen LogP contribution in [0.5, 0.6) is 5.75 Å². The first-order valence-electron chi connectivity index (χ1n) is 6.16. The Labute approximate surface area is 117 Å². The van der Waals surface area contributed by atoms with E-state index in [0.717, 1.165) is 16.7 Å². The number of benzene rings is 2. The van der Waals surface area contributed by atoms with Crippen LogP contribution in [0.25, 0.3) is 11.1 Å². The van der Waals surface area contributed by atoms with E-state index in [1.54, 1.807) is 0 Å². The van der Waals surface area contributed by atoms with Crippen molar-refractivity contribution in [2.24, 2.45) is 0 Å². The molecule has 0 saturated heterocycles. The van der Waals surface area contributed by atoms with Gasteiger partial charge in [0, 0.05) is 0 Å². The number of terminal acetylenes is 1. The van der Waals surface area contributed by atoms with Gasteiger partial charge in [-0.25, -0.2) is 0 Å². The lowest BCUT2D eigenvalue weighted by molar-refractivity contribution is -0.136. The van der Waals surface area contributed by atoms with Gasteiger partial charge in [0.1, 0.15) is 12.4 Å². The molecule has 0 saturated carbocycles. The van der Waals surface area contributed by atoms with Crippen LogP contribution in [0.3, 0.4) is 0 Å². The molecule has 0 unspecified atom stereocenters. The van der Waals surface area contributed by atoms with Crippen LogP contribution in [0.15, 0.2) is 48.5 Å². The zero-order valence-corrected chi connectivity index (χ0v) is 10.9. The highest BCUT2D eigenvalue weighted by Crippen LogP contribution is 2.23. The van der Waals surface area contributed by atoms with Gasteiger partial charge in [0.2, 0.25) is 0 Å². The first-order valence-corrected chi connectivity index (χ1v) is 6.16. The minimum absolute atomic E-state index is 0.0250. The molecule has 20 heavy (non-hydrogen) atoms. The second-order valence-corrected chi connectivity index (χ2v) is 4.29. The van der Waals surface area contributed by atoms with E-state index in [9.17, 15) is 4.79 Å². The quantitative estimate of drug-likeness (QED) is 0.846. The average Bonchev–Trinajstić information content (AvgIpc) is 2.45. The molecule has 0 heterocycles. The fourth-order valence-electron chi connectivity index (χ4n) is 1.90. The summed E-state index contributed by atoms with van der Waals surface area (Å²) in [4.78, 5) is 10.7. The Morgan fingerprint density at radius 2 is 1.90 bits per heavy atom. The molecule has 0 aliphatic carbocycles. The maximum absolute atomic E-state index is 10.7. The van der Waals surface area contributed by atoms with Crippen molar-refractivity contribution < 1.29 is 14.6 Å². The highest BCUT2D eigenvalue weighted by Gasteiger charge is 2.03. The van der Waals surface area contributed by atoms with Crippen LogP contribution in [-0.2, 0) is 11.2 Å². The largest absolute Gasteiger partial charge is 0.481 e. The standard InChI is InChI=1S/C17H14O3/c1-2-10-20-16-8-6-14(7-9-16)15-5-3-4-13(11-15)12-17(18)19/h1,3-9,11H,10,12H2,(H,18,19). The van der Waals surface area contributed by atoms with Crippen molar-refractivity contribution in [3.8, 4) is 29.2 Å². The Morgan fingerprint density at radius 1 is 1.15 bits per heavy atom. The van der Waals surface area contributed by atoms with Crippen LogP contribution in [-0.4, -0.2) is 17.7 Å². The zero-order valence-electron chi connectivity index (χ0n) is 10.9. The molecule has 0 atom stereocenters. The van der Waals surface area contributed by atoms with Gasteiger partial charge >= 0.3 is 5.97 Å². The Hall–Kier alpha value is -2.73. The van der Waals surface area contributed by atoms with Gasteiger partial charge in [-0.1, -0.05) is 42.3 Å². The molecule has 100 valence electrons. The number of ether oxygens (including phenoxy) is 1. The minimum atomic E-state index is -0.833. The first kappa shape index (κ1) is 13.7. The summed E-state index contributed by atoms with van der Waals surface area (Å²) in [5, 5.41) is 8.81. The van der Waals surface area contributed by atoms with Gasteiger partial charge in [-0.3, -0.25) is 4.79 Å². The van der Waals surface area contributed by atoms with Crippen molar-refractivity contribution in [2.45, 2.75) is 6.42 Å². The molecule has 2 aromatic carbocycles. The number of carboxylic acid groups (broad SMARTS) is 1. The van der Waals surface area contributed by atoms with E-state index in [2.05, 4.69) is 5.92 Å². The number of hydrogen-bond acceptors (Lipinski definition) is 2. The monoisotopic (exact) mass is 266 g/mol. The van der Waals surface area contributed by atoms with Gasteiger partial charge < -0.3 is 9.84 Å². The highest BCUT2D eigenvalue weighted by molar-refractivity contribution is 5.72. The van der Waals surface area contributed by atoms with Gasteiger partial charge in [0.25, 0.3) is 0 Å². The van der Waals surface area contributed by atoms with Gasteiger partial charge in [-0.15, -0.1) is 6.42 Å². The molecule has 0 bridgehead atoms. The molecule has 0 aromatic heterocycles. The van der Waals surface area contributed by atoms with Crippen molar-refractivity contribution >= 4 is 5.97 Å². The van der Waals surface area contributed by atoms with Crippen LogP contribution in [0.2, 0.25) is 0 Å². The smallest absolute Gasteiger partial charge is 0.307 e. The van der Waals surface area contributed by atoms with E-state index in [0.29, 0.717) is 5.75 Å². The number of aliphatic carboxylic acids is 1. The summed E-state index contributed by atoms with van der Waals surface area (Å²) < 4.78 is 5.31. The van der Waals surface area contributed by atoms with E-state index in [1.807, 2.05) is 48.5 Å². The van der Waals surface area contributed by atoms with Gasteiger partial charge in [0.15, 0.2) is 0 Å². The molecule has 0 aliphatic heterocycles. The van der Waals surface area contributed by atoms with Crippen LogP contribution in [0.4, 0.5) is 0 Å². The zero-order chi connectivity index (χ0) is 14.4. The second kappa shape index (κ2) is 6.44. The molecule has 1 N–H and O–H groups in total. The summed E-state index contributed by atoms with van der Waals surface area (Å²) >= 11 is 0. The SMILES string of the molecule is C#CCOc1ccc(-c2cccc(CC(=O)O)c2)cc1. The topological polar surface area (TPSA) is 46.5 Å². The molecule has 2 aromatic rings. The van der Waals surface area contributed by atoms with Crippen molar-refractivity contribution in [3.63, 3.8) is 0 Å². The summed E-state index contributed by atoms with van der Waals surface area (Å²) in [6.45, 7) is 0.243. The van der Waals surface area contributed by atoms with Gasteiger partial charge in [-0.2, -0.15) is 0 Å². The van der Waals surface area contributed by atoms with Crippen molar-refractivity contribution in [3.05, 3.63) is 54.1 Å². The molecule has 0 fully saturated rings. The molecule has 0 spiro atoms. The summed E-state index contributed by atoms with van der Waals surface area (Å²) in [5.74, 6) is 2.29. The first-order chi connectivity index (χ1) is 9.69. The van der Waals surface area contributed by atoms with Gasteiger partial charge in [-0.05, 0) is 28.8 Å². The molecular formula is C17H14O3. The molecule has 3 nitrogen and oxygen atoms in total. The van der Waals surface area contributed by atoms with E-state index in [4.69, 9.17) is 16.3 Å². The molecule has 0 radical (unpaired) electrons. The maximum Gasteiger partial charge on any atom is 0.307 e. The molecular weight excluding hydrogens is 252 g/mol. The summed E-state index contributed by atoms with van der Waals surface area (Å²) in [6.07, 6.45) is 5.16. The Kier molecular flexibility index (Phi) is 4.41. The fourth-order valence-corrected chi connectivity index (χ4v) is 1.90. The second-order valence-electron chi connectivity index (χ2n) is 4.29. The Balaban J connectivity index is 2.19. The predicted molar refractivity (Wildman–Crippen MR) is 77.5 cm³/mol. The molecule has 0 amide bonds. The Bertz CT molecular complexity index is 636. The van der Waals surface area contributed by atoms with Crippen LogP contribution in [0, 0.1) is 12.3 Å². The predicted octanol–water partition coefficient (Wildman–Crippen LogP) is 2.99. The van der Waals surface area contributed by atoms with E-state index in [-0.39, 0.29) is 13.0 Å². The third-order valence-corrected chi connectivity index (χ3v) is 2.79. The van der Waals surface area contributed by atoms with Crippen LogP contribution in [0.1, 0.15) is 5.56 Å². The number of rotatable bonds is 5. The number of carbonyl (C=O) groups is 1. The summed E-state index contributed by atoms with van der Waals surface area (Å²) in [7, 11) is 0. The number of carboxylic acids is 1. The van der Waals surface area contributed by atoms with Crippen LogP contribution < -0.4 is 4.74 Å². The molecule has 0 aliphatic rings. The van der Waals surface area contributed by atoms with Crippen LogP contribution >= 0.6 is 0 Å². The van der Waals surface area contributed by atoms with E-state index in [1.165, 1.54) is 0 Å². The van der Waals surface area contributed by atoms with Crippen molar-refractivity contribution in [2.75, 3.05) is 6.61 Å². The van der Waals surface area contributed by atoms with Crippen molar-refractivity contribution in [1.82, 2.24) is 0 Å². The molecule has 3 heteroatoms. The maximum atomic E-state index is 10.7. The summed E-state index contributed by atoms with van der Waals surface area (Å²) in [6, 6.07) is 15.0.